The third-order valence-electron chi connectivity index (χ3n) is 2.36. The van der Waals surface area contributed by atoms with E-state index in [0.29, 0.717) is 11.3 Å². The molecule has 1 aromatic heterocycles. The Morgan fingerprint density at radius 3 is 2.36 bits per heavy atom. The Bertz CT molecular complexity index is 699. The van der Waals surface area contributed by atoms with Crippen LogP contribution < -0.4 is 10.6 Å². The van der Waals surface area contributed by atoms with Gasteiger partial charge in [-0.2, -0.15) is 13.2 Å². The molecule has 22 heavy (non-hydrogen) atoms. The summed E-state index contributed by atoms with van der Waals surface area (Å²) in [7, 11) is 0. The lowest BCUT2D eigenvalue weighted by Gasteiger charge is -2.08. The molecule has 0 aliphatic rings. The predicted molar refractivity (Wildman–Crippen MR) is 72.9 cm³/mol. The van der Waals surface area contributed by atoms with Gasteiger partial charge in [-0.25, -0.2) is 9.78 Å². The van der Waals surface area contributed by atoms with Crippen LogP contribution in [0.25, 0.3) is 0 Å². The maximum absolute atomic E-state index is 12.4. The molecule has 1 aromatic carbocycles. The smallest absolute Gasteiger partial charge is 0.308 e. The van der Waals surface area contributed by atoms with Gasteiger partial charge in [-0.1, -0.05) is 0 Å². The van der Waals surface area contributed by atoms with Crippen molar-refractivity contribution in [3.05, 3.63) is 46.1 Å². The van der Waals surface area contributed by atoms with Gasteiger partial charge < -0.3 is 5.32 Å². The summed E-state index contributed by atoms with van der Waals surface area (Å²) < 4.78 is 37.1. The molecule has 7 nitrogen and oxygen atoms in total. The van der Waals surface area contributed by atoms with Crippen LogP contribution in [0, 0.1) is 10.1 Å². The van der Waals surface area contributed by atoms with E-state index in [2.05, 4.69) is 15.6 Å². The lowest BCUT2D eigenvalue weighted by Crippen LogP contribution is -2.19. The molecule has 1 heterocycles. The molecule has 0 aliphatic heterocycles. The summed E-state index contributed by atoms with van der Waals surface area (Å²) in [5.74, 6) is 0. The van der Waals surface area contributed by atoms with Crippen LogP contribution in [-0.2, 0) is 6.18 Å². The van der Waals surface area contributed by atoms with Gasteiger partial charge in [0.05, 0.1) is 10.5 Å². The summed E-state index contributed by atoms with van der Waals surface area (Å²) in [6.45, 7) is 0. The number of hydrogen-bond acceptors (Lipinski definition) is 5. The number of amides is 2. The minimum Gasteiger partial charge on any atom is -0.308 e. The van der Waals surface area contributed by atoms with Crippen LogP contribution in [0.15, 0.2) is 30.5 Å². The Labute approximate surface area is 124 Å². The highest BCUT2D eigenvalue weighted by Gasteiger charge is 2.30. The molecule has 0 fully saturated rings. The Kier molecular flexibility index (Phi) is 4.26. The Morgan fingerprint density at radius 1 is 1.23 bits per heavy atom. The summed E-state index contributed by atoms with van der Waals surface area (Å²) in [6, 6.07) is 3.05. The molecule has 0 radical (unpaired) electrons. The van der Waals surface area contributed by atoms with E-state index in [1.165, 1.54) is 0 Å². The molecule has 2 amide bonds. The zero-order valence-electron chi connectivity index (χ0n) is 10.5. The summed E-state index contributed by atoms with van der Waals surface area (Å²) in [5.41, 5.74) is -0.703. The molecule has 2 aromatic rings. The van der Waals surface area contributed by atoms with Gasteiger partial charge in [0.2, 0.25) is 0 Å². The number of nitrogens with zero attached hydrogens (tertiary/aromatic N) is 2. The molecule has 0 saturated carbocycles. The second-order valence-corrected chi connectivity index (χ2v) is 4.92. The summed E-state index contributed by atoms with van der Waals surface area (Å²) in [6.07, 6.45) is -3.47. The van der Waals surface area contributed by atoms with Crippen molar-refractivity contribution in [3.63, 3.8) is 0 Å². The largest absolute Gasteiger partial charge is 0.416 e. The average molecular weight is 332 g/mol. The molecule has 11 heteroatoms. The van der Waals surface area contributed by atoms with Crippen molar-refractivity contribution >= 4 is 33.2 Å². The second-order valence-electron chi connectivity index (χ2n) is 3.91. The highest BCUT2D eigenvalue weighted by atomic mass is 32.1. The fraction of sp³-hybridized carbons (Fsp3) is 0.0909. The fourth-order valence-corrected chi connectivity index (χ4v) is 2.04. The molecule has 116 valence electrons. The van der Waals surface area contributed by atoms with Gasteiger partial charge in [-0.15, -0.1) is 0 Å². The average Bonchev–Trinajstić information content (AvgIpc) is 2.86. The second kappa shape index (κ2) is 5.97. The van der Waals surface area contributed by atoms with Gasteiger partial charge in [0, 0.05) is 5.69 Å². The van der Waals surface area contributed by atoms with Gasteiger partial charge in [0.15, 0.2) is 5.13 Å². The highest BCUT2D eigenvalue weighted by Crippen LogP contribution is 2.30. The van der Waals surface area contributed by atoms with Crippen molar-refractivity contribution in [2.24, 2.45) is 0 Å². The van der Waals surface area contributed by atoms with Gasteiger partial charge in [-0.3, -0.25) is 15.4 Å². The number of halogens is 3. The number of benzene rings is 1. The van der Waals surface area contributed by atoms with Crippen LogP contribution in [0.2, 0.25) is 0 Å². The first kappa shape index (κ1) is 15.7. The van der Waals surface area contributed by atoms with Crippen molar-refractivity contribution in [2.45, 2.75) is 6.18 Å². The Balaban J connectivity index is 1.98. The molecule has 2 N–H and O–H groups in total. The number of carbonyl (C=O) groups is 1. The first-order valence-electron chi connectivity index (χ1n) is 5.61. The van der Waals surface area contributed by atoms with E-state index in [9.17, 15) is 28.1 Å². The van der Waals surface area contributed by atoms with Crippen molar-refractivity contribution in [2.75, 3.05) is 10.6 Å². The van der Waals surface area contributed by atoms with Gasteiger partial charge in [0.25, 0.3) is 0 Å². The number of nitro groups is 1. The van der Waals surface area contributed by atoms with E-state index in [1.807, 2.05) is 0 Å². The monoisotopic (exact) mass is 332 g/mol. The van der Waals surface area contributed by atoms with Crippen LogP contribution in [0.1, 0.15) is 5.56 Å². The van der Waals surface area contributed by atoms with Gasteiger partial charge >= 0.3 is 17.2 Å². The summed E-state index contributed by atoms with van der Waals surface area (Å²) in [4.78, 5) is 25.0. The molecule has 0 unspecified atom stereocenters. The normalized spacial score (nSPS) is 11.0. The maximum atomic E-state index is 12.4. The summed E-state index contributed by atoms with van der Waals surface area (Å²) in [5, 5.41) is 14.7. The number of rotatable bonds is 3. The lowest BCUT2D eigenvalue weighted by atomic mass is 10.2. The molecule has 0 aliphatic carbocycles. The number of aromatic nitrogens is 1. The van der Waals surface area contributed by atoms with E-state index in [1.54, 1.807) is 0 Å². The van der Waals surface area contributed by atoms with E-state index >= 15 is 0 Å². The third-order valence-corrected chi connectivity index (χ3v) is 3.23. The Hall–Kier alpha value is -2.69. The zero-order chi connectivity index (χ0) is 16.3. The molecular formula is C11H7F3N4O3S. The standard InChI is InChI=1S/C11H7F3N4O3S/c12-11(13,14)6-1-3-7(4-2-6)16-9(19)17-10-15-5-8(22-10)18(20)21/h1-5H,(H2,15,16,17,19). The van der Waals surface area contributed by atoms with Crippen LogP contribution in [-0.4, -0.2) is 15.9 Å². The van der Waals surface area contributed by atoms with Crippen molar-refractivity contribution < 1.29 is 22.9 Å². The highest BCUT2D eigenvalue weighted by molar-refractivity contribution is 7.18. The lowest BCUT2D eigenvalue weighted by molar-refractivity contribution is -0.380. The minimum absolute atomic E-state index is 0.00360. The number of thiazole rings is 1. The minimum atomic E-state index is -4.46. The maximum Gasteiger partial charge on any atom is 0.416 e. The zero-order valence-corrected chi connectivity index (χ0v) is 11.4. The first-order valence-corrected chi connectivity index (χ1v) is 6.43. The van der Waals surface area contributed by atoms with Crippen LogP contribution in [0.4, 0.5) is 33.8 Å². The summed E-state index contributed by atoms with van der Waals surface area (Å²) >= 11 is 0.655. The van der Waals surface area contributed by atoms with Crippen molar-refractivity contribution in [3.8, 4) is 0 Å². The van der Waals surface area contributed by atoms with E-state index in [-0.39, 0.29) is 15.8 Å². The van der Waals surface area contributed by atoms with Gasteiger partial charge in [0.1, 0.15) is 6.20 Å². The van der Waals surface area contributed by atoms with Gasteiger partial charge in [-0.05, 0) is 35.6 Å². The molecule has 2 rings (SSSR count). The number of nitrogens with one attached hydrogen (secondary N) is 2. The SMILES string of the molecule is O=C(Nc1ccc(C(F)(F)F)cc1)Nc1ncc([N+](=O)[O-])s1. The van der Waals surface area contributed by atoms with Crippen molar-refractivity contribution in [1.82, 2.24) is 4.98 Å². The first-order chi connectivity index (χ1) is 10.3. The molecule has 0 saturated heterocycles. The molecule has 0 atom stereocenters. The Morgan fingerprint density at radius 2 is 1.86 bits per heavy atom. The van der Waals surface area contributed by atoms with Crippen LogP contribution >= 0.6 is 11.3 Å². The van der Waals surface area contributed by atoms with Crippen LogP contribution in [0.3, 0.4) is 0 Å². The van der Waals surface area contributed by atoms with E-state index in [0.717, 1.165) is 30.5 Å². The van der Waals surface area contributed by atoms with Crippen molar-refractivity contribution in [1.29, 1.82) is 0 Å². The predicted octanol–water partition coefficient (Wildman–Crippen LogP) is 3.71. The number of alkyl halides is 3. The fourth-order valence-electron chi connectivity index (χ4n) is 1.41. The number of anilines is 2. The molecule has 0 bridgehead atoms. The number of carbonyl (C=O) groups excluding carboxylic acids is 1. The van der Waals surface area contributed by atoms with E-state index < -0.39 is 22.7 Å². The number of hydrogen-bond donors (Lipinski definition) is 2. The topological polar surface area (TPSA) is 97.2 Å². The van der Waals surface area contributed by atoms with Crippen LogP contribution in [0.5, 0.6) is 0 Å². The number of urea groups is 1. The molecular weight excluding hydrogens is 325 g/mol. The third kappa shape index (κ3) is 3.91. The van der Waals surface area contributed by atoms with E-state index in [4.69, 9.17) is 0 Å². The molecule has 0 spiro atoms. The quantitative estimate of drug-likeness (QED) is 0.661.